The Hall–Kier alpha value is -1.37. The number of amides is 1. The Morgan fingerprint density at radius 3 is 2.38 bits per heavy atom. The number of aromatic carboxylic acids is 1. The third-order valence-corrected chi connectivity index (χ3v) is 4.26. The van der Waals surface area contributed by atoms with Gasteiger partial charge in [-0.05, 0) is 52.3 Å². The van der Waals surface area contributed by atoms with Gasteiger partial charge in [-0.25, -0.2) is 4.79 Å². The molecular weight excluding hydrogens is 425 g/mol. The molecule has 21 heavy (non-hydrogen) atoms. The van der Waals surface area contributed by atoms with Crippen molar-refractivity contribution in [1.29, 1.82) is 0 Å². The van der Waals surface area contributed by atoms with Crippen LogP contribution in [0.5, 0.6) is 0 Å². The van der Waals surface area contributed by atoms with Crippen LogP contribution in [0.4, 0.5) is 5.69 Å². The first-order valence-electron chi connectivity index (χ1n) is 5.67. The van der Waals surface area contributed by atoms with Gasteiger partial charge in [0, 0.05) is 20.2 Å². The topological polar surface area (TPSA) is 66.4 Å². The largest absolute Gasteiger partial charge is 0.478 e. The van der Waals surface area contributed by atoms with E-state index in [1.807, 2.05) is 0 Å². The van der Waals surface area contributed by atoms with Crippen LogP contribution in [0.3, 0.4) is 0 Å². The highest BCUT2D eigenvalue weighted by molar-refractivity contribution is 9.10. The van der Waals surface area contributed by atoms with Crippen molar-refractivity contribution in [3.8, 4) is 0 Å². The number of carbonyl (C=O) groups excluding carboxylic acids is 1. The second-order valence-corrected chi connectivity index (χ2v) is 6.29. The fourth-order valence-electron chi connectivity index (χ4n) is 1.63. The predicted molar refractivity (Wildman–Crippen MR) is 88.2 cm³/mol. The number of hydrogen-bond donors (Lipinski definition) is 2. The van der Waals surface area contributed by atoms with E-state index < -0.39 is 5.97 Å². The minimum absolute atomic E-state index is 0.0805. The maximum Gasteiger partial charge on any atom is 0.335 e. The zero-order chi connectivity index (χ0) is 15.6. The molecule has 0 atom stereocenters. The fraction of sp³-hybridized carbons (Fsp3) is 0. The van der Waals surface area contributed by atoms with Gasteiger partial charge in [-0.3, -0.25) is 4.79 Å². The summed E-state index contributed by atoms with van der Waals surface area (Å²) in [5.41, 5.74) is 0.873. The average Bonchev–Trinajstić information content (AvgIpc) is 2.41. The molecule has 0 bridgehead atoms. The van der Waals surface area contributed by atoms with E-state index in [1.165, 1.54) is 12.1 Å². The zero-order valence-electron chi connectivity index (χ0n) is 10.4. The standard InChI is InChI=1S/C14H8Br2ClNO3/c15-9-3-8(14(20)21)4-10(6-9)18-13(19)7-1-2-12(17)11(16)5-7/h1-6H,(H,18,19)(H,20,21). The number of carboxylic acids is 1. The number of nitrogens with one attached hydrogen (secondary N) is 1. The molecule has 0 aliphatic rings. The third kappa shape index (κ3) is 4.06. The molecule has 0 aliphatic carbocycles. The van der Waals surface area contributed by atoms with Crippen LogP contribution >= 0.6 is 43.5 Å². The molecular formula is C14H8Br2ClNO3. The molecule has 4 nitrogen and oxygen atoms in total. The number of carbonyl (C=O) groups is 2. The summed E-state index contributed by atoms with van der Waals surface area (Å²) in [6.45, 7) is 0. The lowest BCUT2D eigenvalue weighted by Crippen LogP contribution is -2.12. The number of carboxylic acid groups (broad SMARTS) is 1. The second kappa shape index (κ2) is 6.60. The molecule has 0 spiro atoms. The van der Waals surface area contributed by atoms with Crippen molar-refractivity contribution in [2.45, 2.75) is 0 Å². The van der Waals surface area contributed by atoms with Crippen LogP contribution in [0.1, 0.15) is 20.7 Å². The first-order valence-corrected chi connectivity index (χ1v) is 7.63. The van der Waals surface area contributed by atoms with Crippen molar-refractivity contribution >= 4 is 61.0 Å². The monoisotopic (exact) mass is 431 g/mol. The smallest absolute Gasteiger partial charge is 0.335 e. The summed E-state index contributed by atoms with van der Waals surface area (Å²) in [5, 5.41) is 12.1. The Morgan fingerprint density at radius 1 is 1.05 bits per heavy atom. The Bertz CT molecular complexity index is 734. The van der Waals surface area contributed by atoms with E-state index in [0.29, 0.717) is 25.2 Å². The quantitative estimate of drug-likeness (QED) is 0.730. The normalized spacial score (nSPS) is 10.2. The minimum atomic E-state index is -1.07. The highest BCUT2D eigenvalue weighted by Gasteiger charge is 2.11. The molecule has 0 heterocycles. The number of halogens is 3. The zero-order valence-corrected chi connectivity index (χ0v) is 14.3. The van der Waals surface area contributed by atoms with E-state index in [0.717, 1.165) is 0 Å². The summed E-state index contributed by atoms with van der Waals surface area (Å²) in [7, 11) is 0. The van der Waals surface area contributed by atoms with Crippen molar-refractivity contribution in [3.05, 3.63) is 61.5 Å². The van der Waals surface area contributed by atoms with Crippen molar-refractivity contribution in [2.75, 3.05) is 5.32 Å². The molecule has 7 heteroatoms. The summed E-state index contributed by atoms with van der Waals surface area (Å²) < 4.78 is 1.17. The Balaban J connectivity index is 2.27. The number of hydrogen-bond acceptors (Lipinski definition) is 2. The Labute approximate surface area is 142 Å². The van der Waals surface area contributed by atoms with Crippen LogP contribution in [0.2, 0.25) is 5.02 Å². The molecule has 0 fully saturated rings. The van der Waals surface area contributed by atoms with Gasteiger partial charge in [-0.1, -0.05) is 27.5 Å². The lowest BCUT2D eigenvalue weighted by molar-refractivity contribution is 0.0696. The fourth-order valence-corrected chi connectivity index (χ4v) is 2.62. The Kier molecular flexibility index (Phi) is 5.03. The van der Waals surface area contributed by atoms with Crippen LogP contribution in [-0.2, 0) is 0 Å². The van der Waals surface area contributed by atoms with Crippen molar-refractivity contribution in [3.63, 3.8) is 0 Å². The van der Waals surface area contributed by atoms with Gasteiger partial charge in [0.2, 0.25) is 0 Å². The number of benzene rings is 2. The van der Waals surface area contributed by atoms with E-state index in [1.54, 1.807) is 24.3 Å². The lowest BCUT2D eigenvalue weighted by atomic mass is 10.1. The van der Waals surface area contributed by atoms with Gasteiger partial charge in [0.1, 0.15) is 0 Å². The van der Waals surface area contributed by atoms with Crippen LogP contribution in [0.25, 0.3) is 0 Å². The molecule has 0 saturated carbocycles. The molecule has 0 aliphatic heterocycles. The number of anilines is 1. The molecule has 0 saturated heterocycles. The molecule has 1 amide bonds. The highest BCUT2D eigenvalue weighted by Crippen LogP contribution is 2.24. The molecule has 2 N–H and O–H groups in total. The molecule has 0 unspecified atom stereocenters. The van der Waals surface area contributed by atoms with E-state index in [-0.39, 0.29) is 11.5 Å². The predicted octanol–water partition coefficient (Wildman–Crippen LogP) is 4.82. The van der Waals surface area contributed by atoms with Crippen molar-refractivity contribution in [2.24, 2.45) is 0 Å². The molecule has 2 rings (SSSR count). The lowest BCUT2D eigenvalue weighted by Gasteiger charge is -2.08. The summed E-state index contributed by atoms with van der Waals surface area (Å²) in [6.07, 6.45) is 0. The minimum Gasteiger partial charge on any atom is -0.478 e. The number of rotatable bonds is 3. The van der Waals surface area contributed by atoms with Crippen LogP contribution in [-0.4, -0.2) is 17.0 Å². The first-order chi connectivity index (χ1) is 9.86. The summed E-state index contributed by atoms with van der Waals surface area (Å²) >= 11 is 12.3. The summed E-state index contributed by atoms with van der Waals surface area (Å²) in [5.74, 6) is -1.43. The molecule has 0 radical (unpaired) electrons. The van der Waals surface area contributed by atoms with E-state index in [4.69, 9.17) is 16.7 Å². The summed E-state index contributed by atoms with van der Waals surface area (Å²) in [6, 6.07) is 9.23. The Morgan fingerprint density at radius 2 is 1.76 bits per heavy atom. The second-order valence-electron chi connectivity index (χ2n) is 4.12. The maximum atomic E-state index is 12.1. The first kappa shape index (κ1) is 16.0. The maximum absolute atomic E-state index is 12.1. The van der Waals surface area contributed by atoms with Crippen molar-refractivity contribution < 1.29 is 14.7 Å². The van der Waals surface area contributed by atoms with Gasteiger partial charge < -0.3 is 10.4 Å². The van der Waals surface area contributed by atoms with Gasteiger partial charge in [-0.15, -0.1) is 0 Å². The van der Waals surface area contributed by atoms with Gasteiger partial charge in [0.15, 0.2) is 0 Å². The third-order valence-electron chi connectivity index (χ3n) is 2.58. The average molecular weight is 433 g/mol. The van der Waals surface area contributed by atoms with Gasteiger partial charge in [0.25, 0.3) is 5.91 Å². The van der Waals surface area contributed by atoms with Crippen LogP contribution in [0, 0.1) is 0 Å². The van der Waals surface area contributed by atoms with Gasteiger partial charge >= 0.3 is 5.97 Å². The SMILES string of the molecule is O=C(O)c1cc(Br)cc(NC(=O)c2ccc(Cl)c(Br)c2)c1. The molecule has 0 aromatic heterocycles. The van der Waals surface area contributed by atoms with Crippen LogP contribution in [0.15, 0.2) is 45.3 Å². The summed E-state index contributed by atoms with van der Waals surface area (Å²) in [4.78, 5) is 23.1. The van der Waals surface area contributed by atoms with E-state index >= 15 is 0 Å². The van der Waals surface area contributed by atoms with Crippen molar-refractivity contribution in [1.82, 2.24) is 0 Å². The van der Waals surface area contributed by atoms with E-state index in [2.05, 4.69) is 37.2 Å². The van der Waals surface area contributed by atoms with Crippen LogP contribution < -0.4 is 5.32 Å². The van der Waals surface area contributed by atoms with Gasteiger partial charge in [-0.2, -0.15) is 0 Å². The molecule has 2 aromatic rings. The molecule has 2 aromatic carbocycles. The molecule has 108 valence electrons. The van der Waals surface area contributed by atoms with Gasteiger partial charge in [0.05, 0.1) is 10.6 Å². The van der Waals surface area contributed by atoms with E-state index in [9.17, 15) is 9.59 Å². The highest BCUT2D eigenvalue weighted by atomic mass is 79.9.